The number of carbonyl (C=O) groups excluding carboxylic acids is 1. The molecule has 2 rings (SSSR count). The molecule has 0 spiro atoms. The van der Waals surface area contributed by atoms with Crippen LogP contribution < -0.4 is 4.74 Å². The minimum Gasteiger partial charge on any atom is -0.507 e. The summed E-state index contributed by atoms with van der Waals surface area (Å²) in [6.45, 7) is 0. The highest BCUT2D eigenvalue weighted by Crippen LogP contribution is 2.30. The molecule has 6 heteroatoms. The number of carboxylic acid groups (broad SMARTS) is 1. The second-order valence-electron chi connectivity index (χ2n) is 4.22. The number of phenols is 2. The number of aromatic hydroxyl groups is 2. The Morgan fingerprint density at radius 1 is 1.00 bits per heavy atom. The summed E-state index contributed by atoms with van der Waals surface area (Å²) >= 11 is 0. The van der Waals surface area contributed by atoms with Crippen LogP contribution in [0.4, 0.5) is 0 Å². The van der Waals surface area contributed by atoms with Gasteiger partial charge in [-0.15, -0.1) is 0 Å². The quantitative estimate of drug-likeness (QED) is 0.744. The molecule has 0 saturated carbocycles. The number of carbonyl (C=O) groups is 2. The molecule has 0 heterocycles. The summed E-state index contributed by atoms with van der Waals surface area (Å²) in [6.07, 6.45) is 0. The molecule has 0 amide bonds. The third-order valence-electron chi connectivity index (χ3n) is 2.95. The summed E-state index contributed by atoms with van der Waals surface area (Å²) in [5.41, 5.74) is -0.833. The zero-order valence-electron chi connectivity index (χ0n) is 11.0. The second kappa shape index (κ2) is 5.54. The van der Waals surface area contributed by atoms with E-state index in [0.717, 1.165) is 0 Å². The van der Waals surface area contributed by atoms with Crippen molar-refractivity contribution in [2.75, 3.05) is 7.11 Å². The molecular formula is C15H12O6. The van der Waals surface area contributed by atoms with Crippen molar-refractivity contribution in [2.45, 2.75) is 0 Å². The molecule has 0 atom stereocenters. The topological polar surface area (TPSA) is 104 Å². The lowest BCUT2D eigenvalue weighted by atomic mass is 9.96. The van der Waals surface area contributed by atoms with E-state index in [2.05, 4.69) is 0 Å². The average Bonchev–Trinajstić information content (AvgIpc) is 2.46. The van der Waals surface area contributed by atoms with Crippen LogP contribution in [0.15, 0.2) is 36.4 Å². The Balaban J connectivity index is 2.58. The zero-order chi connectivity index (χ0) is 15.6. The number of hydrogen-bond donors (Lipinski definition) is 3. The maximum absolute atomic E-state index is 12.4. The summed E-state index contributed by atoms with van der Waals surface area (Å²) in [4.78, 5) is 23.5. The molecule has 2 aromatic carbocycles. The van der Waals surface area contributed by atoms with Gasteiger partial charge in [0.05, 0.1) is 23.8 Å². The van der Waals surface area contributed by atoms with Crippen molar-refractivity contribution in [3.63, 3.8) is 0 Å². The second-order valence-corrected chi connectivity index (χ2v) is 4.22. The number of carboxylic acids is 1. The lowest BCUT2D eigenvalue weighted by Gasteiger charge is -2.09. The molecule has 0 radical (unpaired) electrons. The standard InChI is InChI=1S/C15H12O6/c1-21-8-5-6-9(12(17)7-8)14(18)13-10(15(19)20)3-2-4-11(13)16/h2-7,16-17H,1H3,(H,19,20). The number of ether oxygens (including phenoxy) is 1. The SMILES string of the molecule is COc1ccc(C(=O)c2c(O)cccc2C(=O)O)c(O)c1. The number of benzene rings is 2. The van der Waals surface area contributed by atoms with Crippen LogP contribution in [0.25, 0.3) is 0 Å². The molecule has 6 nitrogen and oxygen atoms in total. The Bertz CT molecular complexity index is 720. The van der Waals surface area contributed by atoms with Crippen molar-refractivity contribution in [1.29, 1.82) is 0 Å². The molecule has 0 aliphatic rings. The van der Waals surface area contributed by atoms with E-state index in [0.29, 0.717) is 5.75 Å². The highest BCUT2D eigenvalue weighted by molar-refractivity contribution is 6.17. The van der Waals surface area contributed by atoms with Crippen LogP contribution in [0, 0.1) is 0 Å². The van der Waals surface area contributed by atoms with Gasteiger partial charge < -0.3 is 20.1 Å². The van der Waals surface area contributed by atoms with E-state index in [1.165, 1.54) is 43.5 Å². The number of hydrogen-bond acceptors (Lipinski definition) is 5. The molecule has 0 saturated heterocycles. The van der Waals surface area contributed by atoms with Gasteiger partial charge in [-0.05, 0) is 24.3 Å². The zero-order valence-corrected chi connectivity index (χ0v) is 11.0. The molecule has 21 heavy (non-hydrogen) atoms. The number of aromatic carboxylic acids is 1. The van der Waals surface area contributed by atoms with Gasteiger partial charge in [0.25, 0.3) is 0 Å². The van der Waals surface area contributed by atoms with Crippen LogP contribution in [0.3, 0.4) is 0 Å². The van der Waals surface area contributed by atoms with Crippen molar-refractivity contribution in [2.24, 2.45) is 0 Å². The van der Waals surface area contributed by atoms with Gasteiger partial charge in [-0.3, -0.25) is 4.79 Å². The normalized spacial score (nSPS) is 10.1. The van der Waals surface area contributed by atoms with E-state index in [-0.39, 0.29) is 22.4 Å². The molecule has 0 aliphatic carbocycles. The van der Waals surface area contributed by atoms with Crippen molar-refractivity contribution in [3.05, 3.63) is 53.1 Å². The van der Waals surface area contributed by atoms with E-state index >= 15 is 0 Å². The van der Waals surface area contributed by atoms with E-state index in [1.54, 1.807) is 0 Å². The van der Waals surface area contributed by atoms with E-state index in [1.807, 2.05) is 0 Å². The molecule has 2 aromatic rings. The average molecular weight is 288 g/mol. The minimum absolute atomic E-state index is 0.125. The third kappa shape index (κ3) is 2.64. The predicted octanol–water partition coefficient (Wildman–Crippen LogP) is 2.04. The van der Waals surface area contributed by atoms with Crippen molar-refractivity contribution in [1.82, 2.24) is 0 Å². The fourth-order valence-corrected chi connectivity index (χ4v) is 1.92. The largest absolute Gasteiger partial charge is 0.507 e. The van der Waals surface area contributed by atoms with Gasteiger partial charge in [0.2, 0.25) is 5.78 Å². The number of ketones is 1. The van der Waals surface area contributed by atoms with Gasteiger partial charge in [-0.2, -0.15) is 0 Å². The van der Waals surface area contributed by atoms with Gasteiger partial charge in [0, 0.05) is 6.07 Å². The molecule has 3 N–H and O–H groups in total. The maximum atomic E-state index is 12.4. The van der Waals surface area contributed by atoms with Gasteiger partial charge in [0.15, 0.2) is 0 Å². The molecule has 0 aromatic heterocycles. The van der Waals surface area contributed by atoms with Crippen LogP contribution in [-0.2, 0) is 0 Å². The Morgan fingerprint density at radius 3 is 2.29 bits per heavy atom. The van der Waals surface area contributed by atoms with Gasteiger partial charge >= 0.3 is 5.97 Å². The predicted molar refractivity (Wildman–Crippen MR) is 73.2 cm³/mol. The molecule has 0 aliphatic heterocycles. The molecule has 0 bridgehead atoms. The molecular weight excluding hydrogens is 276 g/mol. The van der Waals surface area contributed by atoms with Gasteiger partial charge in [-0.1, -0.05) is 6.07 Å². The molecule has 108 valence electrons. The van der Waals surface area contributed by atoms with E-state index in [4.69, 9.17) is 9.84 Å². The van der Waals surface area contributed by atoms with Crippen LogP contribution >= 0.6 is 0 Å². The first-order valence-corrected chi connectivity index (χ1v) is 5.92. The fraction of sp³-hybridized carbons (Fsp3) is 0.0667. The number of rotatable bonds is 4. The Morgan fingerprint density at radius 2 is 1.71 bits per heavy atom. The smallest absolute Gasteiger partial charge is 0.336 e. The lowest BCUT2D eigenvalue weighted by molar-refractivity contribution is 0.0692. The van der Waals surface area contributed by atoms with Crippen LogP contribution in [0.2, 0.25) is 0 Å². The van der Waals surface area contributed by atoms with Crippen molar-refractivity contribution < 1.29 is 29.6 Å². The summed E-state index contributed by atoms with van der Waals surface area (Å²) in [6, 6.07) is 7.72. The Labute approximate surface area is 119 Å². The van der Waals surface area contributed by atoms with Gasteiger partial charge in [-0.25, -0.2) is 4.79 Å². The monoisotopic (exact) mass is 288 g/mol. The molecule has 0 fully saturated rings. The highest BCUT2D eigenvalue weighted by atomic mass is 16.5. The first kappa shape index (κ1) is 14.4. The Hall–Kier alpha value is -3.02. The fourth-order valence-electron chi connectivity index (χ4n) is 1.92. The van der Waals surface area contributed by atoms with Crippen LogP contribution in [0.5, 0.6) is 17.2 Å². The summed E-state index contributed by atoms with van der Waals surface area (Å²) in [5.74, 6) is -2.61. The van der Waals surface area contributed by atoms with Crippen molar-refractivity contribution >= 4 is 11.8 Å². The van der Waals surface area contributed by atoms with E-state index < -0.39 is 17.5 Å². The summed E-state index contributed by atoms with van der Waals surface area (Å²) < 4.78 is 4.91. The van der Waals surface area contributed by atoms with E-state index in [9.17, 15) is 19.8 Å². The first-order valence-electron chi connectivity index (χ1n) is 5.92. The Kier molecular flexibility index (Phi) is 3.80. The van der Waals surface area contributed by atoms with Crippen LogP contribution in [0.1, 0.15) is 26.3 Å². The van der Waals surface area contributed by atoms with Crippen molar-refractivity contribution in [3.8, 4) is 17.2 Å². The summed E-state index contributed by atoms with van der Waals surface area (Å²) in [7, 11) is 1.40. The summed E-state index contributed by atoms with van der Waals surface area (Å²) in [5, 5.41) is 28.7. The molecule has 0 unspecified atom stereocenters. The first-order chi connectivity index (χ1) is 9.95. The minimum atomic E-state index is -1.35. The maximum Gasteiger partial charge on any atom is 0.336 e. The number of phenolic OH excluding ortho intramolecular Hbond substituents is 2. The highest BCUT2D eigenvalue weighted by Gasteiger charge is 2.23. The number of methoxy groups -OCH3 is 1. The lowest BCUT2D eigenvalue weighted by Crippen LogP contribution is -2.10. The van der Waals surface area contributed by atoms with Gasteiger partial charge in [0.1, 0.15) is 17.2 Å². The van der Waals surface area contributed by atoms with Crippen LogP contribution in [-0.4, -0.2) is 34.2 Å². The third-order valence-corrected chi connectivity index (χ3v) is 2.95.